The molecule has 3 amide bonds. The van der Waals surface area contributed by atoms with Gasteiger partial charge in [-0.25, -0.2) is 4.79 Å². The number of hydrogen-bond donors (Lipinski definition) is 3. The molecule has 0 aliphatic rings. The number of nitrogens with one attached hydrogen (secondary N) is 2. The van der Waals surface area contributed by atoms with Gasteiger partial charge in [-0.05, 0) is 20.9 Å². The summed E-state index contributed by atoms with van der Waals surface area (Å²) in [5, 5.41) is 13.4. The average molecular weight is 217 g/mol. The van der Waals surface area contributed by atoms with Crippen LogP contribution in [0.15, 0.2) is 0 Å². The molecule has 0 radical (unpaired) electrons. The van der Waals surface area contributed by atoms with E-state index >= 15 is 0 Å². The van der Waals surface area contributed by atoms with Crippen LogP contribution >= 0.6 is 0 Å². The molecule has 0 rings (SSSR count). The summed E-state index contributed by atoms with van der Waals surface area (Å²) in [5.41, 5.74) is 0. The summed E-state index contributed by atoms with van der Waals surface area (Å²) < 4.78 is 0. The summed E-state index contributed by atoms with van der Waals surface area (Å²) in [4.78, 5) is 24.1. The van der Waals surface area contributed by atoms with E-state index in [-0.39, 0.29) is 12.5 Å². The second-order valence-corrected chi connectivity index (χ2v) is 3.23. The molecule has 0 bridgehead atoms. The minimum absolute atomic E-state index is 0.0186. The van der Waals surface area contributed by atoms with Gasteiger partial charge in [-0.1, -0.05) is 0 Å². The Bertz CT molecular complexity index is 221. The SMILES string of the molecule is CCNC(=O)NC(=O)C(C)N(C)CCO. The van der Waals surface area contributed by atoms with Gasteiger partial charge < -0.3 is 10.4 Å². The molecule has 88 valence electrons. The molecule has 6 nitrogen and oxygen atoms in total. The Morgan fingerprint density at radius 2 is 2.07 bits per heavy atom. The Kier molecular flexibility index (Phi) is 6.64. The van der Waals surface area contributed by atoms with Crippen LogP contribution in [0.5, 0.6) is 0 Å². The molecule has 1 atom stereocenters. The molecule has 0 aromatic heterocycles. The number of nitrogens with zero attached hydrogens (tertiary/aromatic N) is 1. The van der Waals surface area contributed by atoms with Gasteiger partial charge in [0.15, 0.2) is 0 Å². The summed E-state index contributed by atoms with van der Waals surface area (Å²) in [6.07, 6.45) is 0. The molecule has 0 heterocycles. The highest BCUT2D eigenvalue weighted by atomic mass is 16.3. The second-order valence-electron chi connectivity index (χ2n) is 3.23. The molecule has 6 heteroatoms. The number of amides is 3. The summed E-state index contributed by atoms with van der Waals surface area (Å²) in [5.74, 6) is -0.378. The van der Waals surface area contributed by atoms with Crippen molar-refractivity contribution in [3.8, 4) is 0 Å². The lowest BCUT2D eigenvalue weighted by Crippen LogP contribution is -2.49. The zero-order valence-electron chi connectivity index (χ0n) is 9.41. The van der Waals surface area contributed by atoms with E-state index in [1.54, 1.807) is 25.8 Å². The van der Waals surface area contributed by atoms with Crippen molar-refractivity contribution in [1.29, 1.82) is 0 Å². The smallest absolute Gasteiger partial charge is 0.321 e. The highest BCUT2D eigenvalue weighted by Crippen LogP contribution is 1.94. The molecule has 0 fully saturated rings. The van der Waals surface area contributed by atoms with Crippen LogP contribution in [0.2, 0.25) is 0 Å². The minimum Gasteiger partial charge on any atom is -0.395 e. The van der Waals surface area contributed by atoms with E-state index in [4.69, 9.17) is 5.11 Å². The number of imide groups is 1. The number of likely N-dealkylation sites (N-methyl/N-ethyl adjacent to an activating group) is 1. The lowest BCUT2D eigenvalue weighted by molar-refractivity contribution is -0.124. The van der Waals surface area contributed by atoms with Crippen molar-refractivity contribution in [2.45, 2.75) is 19.9 Å². The molecule has 15 heavy (non-hydrogen) atoms. The number of urea groups is 1. The summed E-state index contributed by atoms with van der Waals surface area (Å²) in [7, 11) is 1.71. The fourth-order valence-corrected chi connectivity index (χ4v) is 0.973. The third-order valence-corrected chi connectivity index (χ3v) is 2.07. The second kappa shape index (κ2) is 7.19. The number of hydrogen-bond acceptors (Lipinski definition) is 4. The zero-order valence-corrected chi connectivity index (χ0v) is 9.41. The fraction of sp³-hybridized carbons (Fsp3) is 0.778. The van der Waals surface area contributed by atoms with E-state index < -0.39 is 12.1 Å². The predicted octanol–water partition coefficient (Wildman–Crippen LogP) is -0.855. The van der Waals surface area contributed by atoms with Crippen LogP contribution in [0.4, 0.5) is 4.79 Å². The first-order chi connectivity index (χ1) is 7.02. The highest BCUT2D eigenvalue weighted by Gasteiger charge is 2.18. The molecule has 0 aromatic carbocycles. The molecular formula is C9H19N3O3. The monoisotopic (exact) mass is 217 g/mol. The quantitative estimate of drug-likeness (QED) is 0.560. The van der Waals surface area contributed by atoms with Crippen molar-refractivity contribution in [2.24, 2.45) is 0 Å². The van der Waals surface area contributed by atoms with Gasteiger partial charge in [0.2, 0.25) is 5.91 Å². The number of aliphatic hydroxyl groups is 1. The topological polar surface area (TPSA) is 81.7 Å². The number of aliphatic hydroxyl groups excluding tert-OH is 1. The Labute approximate surface area is 89.6 Å². The highest BCUT2D eigenvalue weighted by molar-refractivity contribution is 5.96. The lowest BCUT2D eigenvalue weighted by atomic mass is 10.3. The molecule has 1 unspecified atom stereocenters. The average Bonchev–Trinajstić information content (AvgIpc) is 2.17. The fourth-order valence-electron chi connectivity index (χ4n) is 0.973. The Balaban J connectivity index is 4.03. The summed E-state index contributed by atoms with van der Waals surface area (Å²) in [6, 6.07) is -0.938. The van der Waals surface area contributed by atoms with E-state index in [9.17, 15) is 9.59 Å². The van der Waals surface area contributed by atoms with Gasteiger partial charge in [0.1, 0.15) is 0 Å². The number of carbonyl (C=O) groups is 2. The molecule has 0 spiro atoms. The Morgan fingerprint density at radius 3 is 2.53 bits per heavy atom. The van der Waals surface area contributed by atoms with Gasteiger partial charge >= 0.3 is 6.03 Å². The number of rotatable bonds is 5. The normalized spacial score (nSPS) is 12.3. The Hall–Kier alpha value is -1.14. The first-order valence-corrected chi connectivity index (χ1v) is 4.92. The van der Waals surface area contributed by atoms with Gasteiger partial charge in [-0.15, -0.1) is 0 Å². The molecule has 3 N–H and O–H groups in total. The van der Waals surface area contributed by atoms with Crippen molar-refractivity contribution in [1.82, 2.24) is 15.5 Å². The maximum Gasteiger partial charge on any atom is 0.321 e. The third kappa shape index (κ3) is 5.34. The van der Waals surface area contributed by atoms with E-state index in [2.05, 4.69) is 10.6 Å². The lowest BCUT2D eigenvalue weighted by Gasteiger charge is -2.22. The van der Waals surface area contributed by atoms with Gasteiger partial charge in [-0.2, -0.15) is 0 Å². The number of carbonyl (C=O) groups excluding carboxylic acids is 2. The zero-order chi connectivity index (χ0) is 11.8. The largest absolute Gasteiger partial charge is 0.395 e. The Morgan fingerprint density at radius 1 is 1.47 bits per heavy atom. The molecule has 0 saturated carbocycles. The predicted molar refractivity (Wildman–Crippen MR) is 56.4 cm³/mol. The van der Waals surface area contributed by atoms with Crippen LogP contribution < -0.4 is 10.6 Å². The molecular weight excluding hydrogens is 198 g/mol. The van der Waals surface area contributed by atoms with E-state index in [1.807, 2.05) is 0 Å². The molecule has 0 aliphatic carbocycles. The summed E-state index contributed by atoms with van der Waals surface area (Å²) >= 11 is 0. The van der Waals surface area contributed by atoms with E-state index in [1.165, 1.54) is 0 Å². The van der Waals surface area contributed by atoms with Crippen LogP contribution in [-0.4, -0.2) is 54.7 Å². The first-order valence-electron chi connectivity index (χ1n) is 4.92. The van der Waals surface area contributed by atoms with Crippen molar-refractivity contribution in [3.05, 3.63) is 0 Å². The van der Waals surface area contributed by atoms with Crippen molar-refractivity contribution in [2.75, 3.05) is 26.7 Å². The third-order valence-electron chi connectivity index (χ3n) is 2.07. The minimum atomic E-state index is -0.494. The van der Waals surface area contributed by atoms with Crippen LogP contribution in [0.1, 0.15) is 13.8 Å². The van der Waals surface area contributed by atoms with Gasteiger partial charge in [0.25, 0.3) is 0 Å². The van der Waals surface area contributed by atoms with Gasteiger partial charge in [-0.3, -0.25) is 15.0 Å². The molecule has 0 aliphatic heterocycles. The van der Waals surface area contributed by atoms with Crippen LogP contribution in [-0.2, 0) is 4.79 Å². The van der Waals surface area contributed by atoms with Gasteiger partial charge in [0, 0.05) is 13.1 Å². The standard InChI is InChI=1S/C9H19N3O3/c1-4-10-9(15)11-8(14)7(2)12(3)5-6-13/h7,13H,4-6H2,1-3H3,(H2,10,11,14,15). The molecule has 0 saturated heterocycles. The maximum atomic E-state index is 11.4. The van der Waals surface area contributed by atoms with Crippen molar-refractivity contribution in [3.63, 3.8) is 0 Å². The summed E-state index contributed by atoms with van der Waals surface area (Å²) in [6.45, 7) is 4.29. The van der Waals surface area contributed by atoms with E-state index in [0.717, 1.165) is 0 Å². The first kappa shape index (κ1) is 13.9. The van der Waals surface area contributed by atoms with Crippen LogP contribution in [0, 0.1) is 0 Å². The van der Waals surface area contributed by atoms with E-state index in [0.29, 0.717) is 13.1 Å². The molecule has 0 aromatic rings. The van der Waals surface area contributed by atoms with Crippen molar-refractivity contribution < 1.29 is 14.7 Å². The maximum absolute atomic E-state index is 11.4. The van der Waals surface area contributed by atoms with Crippen LogP contribution in [0.25, 0.3) is 0 Å². The van der Waals surface area contributed by atoms with Crippen molar-refractivity contribution >= 4 is 11.9 Å². The van der Waals surface area contributed by atoms with Gasteiger partial charge in [0.05, 0.1) is 12.6 Å². The van der Waals surface area contributed by atoms with Crippen LogP contribution in [0.3, 0.4) is 0 Å².